The first kappa shape index (κ1) is 28.3. The molecule has 0 saturated carbocycles. The highest BCUT2D eigenvalue weighted by Crippen LogP contribution is 2.31. The lowest BCUT2D eigenvalue weighted by molar-refractivity contribution is 0.0709. The quantitative estimate of drug-likeness (QED) is 0.407. The Morgan fingerprint density at radius 1 is 0.943 bits per heavy atom. The highest BCUT2D eigenvalue weighted by molar-refractivity contribution is 5.99. The van der Waals surface area contributed by atoms with Crippen LogP contribution in [0.5, 0.6) is 0 Å². The number of aromatic nitrogens is 2. The molecule has 1 unspecified atom stereocenters. The topological polar surface area (TPSA) is 59.2 Å². The van der Waals surface area contributed by atoms with Gasteiger partial charge in [-0.15, -0.1) is 0 Å². The Morgan fingerprint density at radius 2 is 1.54 bits per heavy atom. The minimum atomic E-state index is -0.170. The average Bonchev–Trinajstić information content (AvgIpc) is 3.22. The van der Waals surface area contributed by atoms with E-state index >= 15 is 0 Å². The fourth-order valence-electron chi connectivity index (χ4n) is 2.96. The van der Waals surface area contributed by atoms with Crippen molar-refractivity contribution in [2.45, 2.75) is 33.7 Å². The molecule has 0 spiro atoms. The van der Waals surface area contributed by atoms with Gasteiger partial charge in [0, 0.05) is 24.2 Å². The lowest BCUT2D eigenvalue weighted by atomic mass is 10.0. The van der Waals surface area contributed by atoms with E-state index in [9.17, 15) is 4.79 Å². The summed E-state index contributed by atoms with van der Waals surface area (Å²) in [5, 5.41) is 0.990. The van der Waals surface area contributed by atoms with Crippen molar-refractivity contribution in [3.63, 3.8) is 0 Å². The van der Waals surface area contributed by atoms with Crippen molar-refractivity contribution < 1.29 is 9.21 Å². The van der Waals surface area contributed by atoms with Crippen molar-refractivity contribution in [2.24, 2.45) is 0 Å². The van der Waals surface area contributed by atoms with Crippen LogP contribution >= 0.6 is 0 Å². The van der Waals surface area contributed by atoms with Crippen LogP contribution in [0, 0.1) is 20.8 Å². The zero-order chi connectivity index (χ0) is 26.4. The number of carbonyl (C=O) groups is 1. The van der Waals surface area contributed by atoms with Gasteiger partial charge in [0.05, 0.1) is 11.7 Å². The smallest absolute Gasteiger partial charge is 0.290 e. The van der Waals surface area contributed by atoms with Gasteiger partial charge < -0.3 is 9.32 Å². The van der Waals surface area contributed by atoms with Gasteiger partial charge in [-0.1, -0.05) is 35.1 Å². The van der Waals surface area contributed by atoms with Gasteiger partial charge in [-0.05, 0) is 88.4 Å². The maximum atomic E-state index is 12.9. The van der Waals surface area contributed by atoms with E-state index in [2.05, 4.69) is 82.5 Å². The predicted octanol–water partition coefficient (Wildman–Crippen LogP) is 6.67. The largest absolute Gasteiger partial charge is 0.450 e. The molecule has 0 aliphatic heterocycles. The minimum Gasteiger partial charge on any atom is -0.450 e. The summed E-state index contributed by atoms with van der Waals surface area (Å²) >= 11 is 0. The van der Waals surface area contributed by atoms with Gasteiger partial charge in [0.15, 0.2) is 5.76 Å². The van der Waals surface area contributed by atoms with Crippen molar-refractivity contribution in [3.8, 4) is 0 Å². The van der Waals surface area contributed by atoms with E-state index in [0.717, 1.165) is 33.4 Å². The lowest BCUT2D eigenvalue weighted by Crippen LogP contribution is -2.30. The molecule has 2 heterocycles. The number of carbonyl (C=O) groups excluding carboxylic acids is 1. The number of amides is 1. The minimum absolute atomic E-state index is 0.146. The second-order valence-corrected chi connectivity index (χ2v) is 7.25. The number of rotatable bonds is 3. The molecule has 0 fully saturated rings. The third-order valence-corrected chi connectivity index (χ3v) is 5.17. The maximum Gasteiger partial charge on any atom is 0.290 e. The Labute approximate surface area is 207 Å². The normalized spacial score (nSPS) is 9.51. The van der Waals surface area contributed by atoms with E-state index in [4.69, 9.17) is 4.42 Å². The summed E-state index contributed by atoms with van der Waals surface area (Å²) in [5.41, 5.74) is 21.3. The SMILES string of the molecule is C=C=C=C=C.C=C=C=C=C=C.Cc1ccc2c(C)c(C(=O)N(C)C(C)c3ccncn3)oc2c1C. The molecular weight excluding hydrogens is 434 g/mol. The van der Waals surface area contributed by atoms with Gasteiger partial charge in [0.25, 0.3) is 5.91 Å². The van der Waals surface area contributed by atoms with Crippen LogP contribution < -0.4 is 0 Å². The molecule has 0 saturated heterocycles. The zero-order valence-corrected chi connectivity index (χ0v) is 21.0. The molecule has 3 rings (SSSR count). The fourth-order valence-corrected chi connectivity index (χ4v) is 2.96. The molecule has 1 atom stereocenters. The van der Waals surface area contributed by atoms with E-state index in [1.165, 1.54) is 6.33 Å². The van der Waals surface area contributed by atoms with Crippen LogP contribution in [0.2, 0.25) is 0 Å². The van der Waals surface area contributed by atoms with Crippen LogP contribution in [-0.4, -0.2) is 27.8 Å². The van der Waals surface area contributed by atoms with Gasteiger partial charge >= 0.3 is 0 Å². The Balaban J connectivity index is 0.000000467. The number of benzene rings is 1. The maximum absolute atomic E-state index is 12.9. The first-order chi connectivity index (χ1) is 16.7. The van der Waals surface area contributed by atoms with Gasteiger partial charge in [0.1, 0.15) is 11.9 Å². The summed E-state index contributed by atoms with van der Waals surface area (Å²) in [6, 6.07) is 5.71. The van der Waals surface area contributed by atoms with Crippen molar-refractivity contribution in [2.75, 3.05) is 7.05 Å². The molecule has 1 aromatic carbocycles. The van der Waals surface area contributed by atoms with Gasteiger partial charge in [-0.2, -0.15) is 0 Å². The average molecular weight is 464 g/mol. The fraction of sp³-hybridized carbons (Fsp3) is 0.200. The predicted molar refractivity (Wildman–Crippen MR) is 140 cm³/mol. The molecule has 1 amide bonds. The number of furan rings is 1. The number of hydrogen-bond donors (Lipinski definition) is 0. The Bertz CT molecular complexity index is 1410. The molecular formula is C30H29N3O2. The summed E-state index contributed by atoms with van der Waals surface area (Å²) in [5.74, 6) is 0.244. The number of aryl methyl sites for hydroxylation is 3. The Morgan fingerprint density at radius 3 is 2.03 bits per heavy atom. The molecule has 0 bridgehead atoms. The second kappa shape index (κ2) is 14.4. The van der Waals surface area contributed by atoms with Crippen molar-refractivity contribution in [1.29, 1.82) is 0 Å². The van der Waals surface area contributed by atoms with E-state index in [1.807, 2.05) is 39.8 Å². The summed E-state index contributed by atoms with van der Waals surface area (Å²) in [7, 11) is 1.76. The summed E-state index contributed by atoms with van der Waals surface area (Å²) in [6.07, 6.45) is 3.17. The molecule has 0 aliphatic carbocycles. The molecule has 0 aliphatic rings. The highest BCUT2D eigenvalue weighted by Gasteiger charge is 2.26. The van der Waals surface area contributed by atoms with E-state index in [1.54, 1.807) is 18.1 Å². The second-order valence-electron chi connectivity index (χ2n) is 7.25. The van der Waals surface area contributed by atoms with Crippen molar-refractivity contribution in [3.05, 3.63) is 125 Å². The molecule has 2 aromatic heterocycles. The molecule has 0 N–H and O–H groups in total. The van der Waals surface area contributed by atoms with Crippen molar-refractivity contribution in [1.82, 2.24) is 14.9 Å². The summed E-state index contributed by atoms with van der Waals surface area (Å²) < 4.78 is 5.96. The van der Waals surface area contributed by atoms with E-state index < -0.39 is 0 Å². The molecule has 5 nitrogen and oxygen atoms in total. The van der Waals surface area contributed by atoms with E-state index in [0.29, 0.717) is 5.76 Å². The molecule has 176 valence electrons. The molecule has 5 heteroatoms. The monoisotopic (exact) mass is 463 g/mol. The van der Waals surface area contributed by atoms with Crippen LogP contribution in [0.3, 0.4) is 0 Å². The third-order valence-electron chi connectivity index (χ3n) is 5.17. The van der Waals surface area contributed by atoms with Crippen LogP contribution in [0.25, 0.3) is 11.0 Å². The standard InChI is InChI=1S/C19H21N3O2.C6H4.C5H4/c1-11-6-7-15-13(3)18(24-17(15)12(11)2)19(23)22(5)14(4)16-8-9-20-10-21-16;1-3-5-6-4-2;1-3-5-4-2/h6-10,14H,1-5H3;1-2H2;1-2H2. The summed E-state index contributed by atoms with van der Waals surface area (Å²) in [6.45, 7) is 20.8. The van der Waals surface area contributed by atoms with Crippen molar-refractivity contribution >= 4 is 16.9 Å². The van der Waals surface area contributed by atoms with Crippen LogP contribution in [0.4, 0.5) is 0 Å². The Hall–Kier alpha value is -4.75. The van der Waals surface area contributed by atoms with Crippen LogP contribution in [0.15, 0.2) is 102 Å². The first-order valence-electron chi connectivity index (χ1n) is 10.6. The number of nitrogens with zero attached hydrogens (tertiary/aromatic N) is 3. The van der Waals surface area contributed by atoms with Gasteiger partial charge in [-0.3, -0.25) is 4.79 Å². The molecule has 0 radical (unpaired) electrons. The molecule has 3 aromatic rings. The number of fused-ring (bicyclic) bond motifs is 1. The van der Waals surface area contributed by atoms with Crippen LogP contribution in [0.1, 0.15) is 45.9 Å². The van der Waals surface area contributed by atoms with Crippen LogP contribution in [-0.2, 0) is 0 Å². The number of hydrogen-bond acceptors (Lipinski definition) is 4. The zero-order valence-electron chi connectivity index (χ0n) is 21.0. The third kappa shape index (κ3) is 7.66. The molecule has 35 heavy (non-hydrogen) atoms. The lowest BCUT2D eigenvalue weighted by Gasteiger charge is -2.23. The highest BCUT2D eigenvalue weighted by atomic mass is 16.3. The van der Waals surface area contributed by atoms with Gasteiger partial charge in [0.2, 0.25) is 0 Å². The first-order valence-corrected chi connectivity index (χ1v) is 10.6. The Kier molecular flexibility index (Phi) is 11.6. The van der Waals surface area contributed by atoms with Gasteiger partial charge in [-0.25, -0.2) is 9.97 Å². The van der Waals surface area contributed by atoms with E-state index in [-0.39, 0.29) is 11.9 Å². The summed E-state index contributed by atoms with van der Waals surface area (Å²) in [4.78, 5) is 22.7.